The van der Waals surface area contributed by atoms with Crippen molar-refractivity contribution < 1.29 is 14.4 Å². The lowest BCUT2D eigenvalue weighted by atomic mass is 10.2. The number of hydrogen-bond donors (Lipinski definition) is 3. The summed E-state index contributed by atoms with van der Waals surface area (Å²) in [6.07, 6.45) is 0.0651. The van der Waals surface area contributed by atoms with Gasteiger partial charge in [0, 0.05) is 23.6 Å². The molecular formula is C11H12ClN3O3. The lowest BCUT2D eigenvalue weighted by molar-refractivity contribution is -0.119. The number of primary amides is 1. The van der Waals surface area contributed by atoms with Crippen molar-refractivity contribution in [2.75, 3.05) is 11.2 Å². The smallest absolute Gasteiger partial charge is 0.325 e. The van der Waals surface area contributed by atoms with E-state index in [1.165, 1.54) is 24.3 Å². The number of anilines is 1. The van der Waals surface area contributed by atoms with Gasteiger partial charge in [0.1, 0.15) is 0 Å². The van der Waals surface area contributed by atoms with E-state index in [1.54, 1.807) is 0 Å². The van der Waals surface area contributed by atoms with Crippen LogP contribution in [0.2, 0.25) is 0 Å². The number of carbonyl (C=O) groups is 3. The van der Waals surface area contributed by atoms with Crippen LogP contribution >= 0.6 is 11.6 Å². The number of urea groups is 1. The van der Waals surface area contributed by atoms with Gasteiger partial charge in [0.15, 0.2) is 0 Å². The molecule has 1 aromatic carbocycles. The third-order valence-electron chi connectivity index (χ3n) is 2.00. The SMILES string of the molecule is NC(=O)c1ccc(NC(=O)NC(=O)CCCl)cc1. The molecule has 1 aromatic rings. The molecule has 0 bridgehead atoms. The van der Waals surface area contributed by atoms with Crippen LogP contribution in [0, 0.1) is 0 Å². The summed E-state index contributed by atoms with van der Waals surface area (Å²) in [6, 6.07) is 5.30. The van der Waals surface area contributed by atoms with Crippen molar-refractivity contribution in [2.45, 2.75) is 6.42 Å². The van der Waals surface area contributed by atoms with Crippen molar-refractivity contribution in [3.8, 4) is 0 Å². The first-order valence-corrected chi connectivity index (χ1v) is 5.63. The summed E-state index contributed by atoms with van der Waals surface area (Å²) < 4.78 is 0. The minimum atomic E-state index is -0.656. The number of benzene rings is 1. The molecule has 96 valence electrons. The number of carbonyl (C=O) groups excluding carboxylic acids is 3. The number of imide groups is 1. The summed E-state index contributed by atoms with van der Waals surface area (Å²) in [5.41, 5.74) is 5.84. The number of nitrogens with one attached hydrogen (secondary N) is 2. The van der Waals surface area contributed by atoms with Gasteiger partial charge in [0.05, 0.1) is 0 Å². The minimum Gasteiger partial charge on any atom is -0.366 e. The maximum atomic E-state index is 11.3. The van der Waals surface area contributed by atoms with E-state index in [1.807, 2.05) is 0 Å². The molecule has 0 atom stereocenters. The normalized spacial score (nSPS) is 9.61. The highest BCUT2D eigenvalue weighted by molar-refractivity contribution is 6.19. The van der Waals surface area contributed by atoms with Crippen molar-refractivity contribution in [1.29, 1.82) is 0 Å². The Balaban J connectivity index is 2.54. The highest BCUT2D eigenvalue weighted by atomic mass is 35.5. The van der Waals surface area contributed by atoms with Gasteiger partial charge in [-0.05, 0) is 24.3 Å². The third kappa shape index (κ3) is 4.42. The molecule has 0 saturated heterocycles. The van der Waals surface area contributed by atoms with Crippen LogP contribution in [0.3, 0.4) is 0 Å². The number of hydrogen-bond acceptors (Lipinski definition) is 3. The molecule has 0 fully saturated rings. The van der Waals surface area contributed by atoms with Crippen LogP contribution in [0.4, 0.5) is 10.5 Å². The third-order valence-corrected chi connectivity index (χ3v) is 2.19. The van der Waals surface area contributed by atoms with Gasteiger partial charge in [-0.25, -0.2) is 4.79 Å². The van der Waals surface area contributed by atoms with Crippen molar-refractivity contribution in [1.82, 2.24) is 5.32 Å². The molecule has 0 aliphatic rings. The van der Waals surface area contributed by atoms with Gasteiger partial charge < -0.3 is 11.1 Å². The molecule has 4 amide bonds. The van der Waals surface area contributed by atoms with Crippen LogP contribution in [0.1, 0.15) is 16.8 Å². The Morgan fingerprint density at radius 2 is 1.78 bits per heavy atom. The first-order valence-electron chi connectivity index (χ1n) is 5.09. The second-order valence-corrected chi connectivity index (χ2v) is 3.76. The predicted molar refractivity (Wildman–Crippen MR) is 67.5 cm³/mol. The quantitative estimate of drug-likeness (QED) is 0.712. The highest BCUT2D eigenvalue weighted by Crippen LogP contribution is 2.08. The Bertz CT molecular complexity index is 459. The first kappa shape index (κ1) is 14.0. The van der Waals surface area contributed by atoms with Gasteiger partial charge in [-0.1, -0.05) is 0 Å². The van der Waals surface area contributed by atoms with Gasteiger partial charge in [-0.2, -0.15) is 0 Å². The molecule has 0 aliphatic carbocycles. The Labute approximate surface area is 108 Å². The largest absolute Gasteiger partial charge is 0.366 e. The van der Waals surface area contributed by atoms with Crippen molar-refractivity contribution in [3.63, 3.8) is 0 Å². The Kier molecular flexibility index (Phi) is 5.13. The zero-order chi connectivity index (χ0) is 13.5. The summed E-state index contributed by atoms with van der Waals surface area (Å²) in [6.45, 7) is 0. The second-order valence-electron chi connectivity index (χ2n) is 3.38. The lowest BCUT2D eigenvalue weighted by Gasteiger charge is -2.06. The van der Waals surface area contributed by atoms with E-state index < -0.39 is 17.8 Å². The maximum Gasteiger partial charge on any atom is 0.325 e. The topological polar surface area (TPSA) is 101 Å². The minimum absolute atomic E-state index is 0.0651. The molecule has 18 heavy (non-hydrogen) atoms. The molecule has 0 aliphatic heterocycles. The van der Waals surface area contributed by atoms with Crippen LogP contribution in [0.15, 0.2) is 24.3 Å². The number of rotatable bonds is 4. The van der Waals surface area contributed by atoms with Gasteiger partial charge in [-0.3, -0.25) is 14.9 Å². The molecule has 0 radical (unpaired) electrons. The van der Waals surface area contributed by atoms with Crippen LogP contribution in [-0.2, 0) is 4.79 Å². The zero-order valence-corrected chi connectivity index (χ0v) is 10.2. The van der Waals surface area contributed by atoms with E-state index >= 15 is 0 Å². The number of amides is 4. The maximum absolute atomic E-state index is 11.3. The van der Waals surface area contributed by atoms with Crippen molar-refractivity contribution in [3.05, 3.63) is 29.8 Å². The number of nitrogens with two attached hydrogens (primary N) is 1. The van der Waals surface area contributed by atoms with Gasteiger partial charge in [-0.15, -0.1) is 11.6 Å². The average Bonchev–Trinajstić information content (AvgIpc) is 2.29. The number of halogens is 1. The summed E-state index contributed by atoms with van der Waals surface area (Å²) >= 11 is 5.35. The molecule has 0 aromatic heterocycles. The molecule has 7 heteroatoms. The molecule has 1 rings (SSSR count). The van der Waals surface area contributed by atoms with Gasteiger partial charge >= 0.3 is 6.03 Å². The van der Waals surface area contributed by atoms with Crippen LogP contribution in [-0.4, -0.2) is 23.7 Å². The molecule has 0 heterocycles. The molecule has 0 unspecified atom stereocenters. The van der Waals surface area contributed by atoms with Crippen LogP contribution in [0.25, 0.3) is 0 Å². The fourth-order valence-electron chi connectivity index (χ4n) is 1.16. The second kappa shape index (κ2) is 6.61. The Morgan fingerprint density at radius 1 is 1.17 bits per heavy atom. The Morgan fingerprint density at radius 3 is 2.28 bits per heavy atom. The fourth-order valence-corrected chi connectivity index (χ4v) is 1.33. The standard InChI is InChI=1S/C11H12ClN3O3/c12-6-5-9(16)15-11(18)14-8-3-1-7(2-4-8)10(13)17/h1-4H,5-6H2,(H2,13,17)(H2,14,15,16,18). The fraction of sp³-hybridized carbons (Fsp3) is 0.182. The molecule has 4 N–H and O–H groups in total. The van der Waals surface area contributed by atoms with E-state index in [0.29, 0.717) is 11.3 Å². The molecular weight excluding hydrogens is 258 g/mol. The summed E-state index contributed by atoms with van der Waals surface area (Å²) in [5.74, 6) is -0.869. The van der Waals surface area contributed by atoms with Gasteiger partial charge in [0.25, 0.3) is 0 Å². The van der Waals surface area contributed by atoms with Crippen LogP contribution < -0.4 is 16.4 Å². The van der Waals surface area contributed by atoms with Gasteiger partial charge in [0.2, 0.25) is 11.8 Å². The molecule has 0 saturated carbocycles. The van der Waals surface area contributed by atoms with E-state index in [-0.39, 0.29) is 12.3 Å². The zero-order valence-electron chi connectivity index (χ0n) is 9.40. The first-order chi connectivity index (χ1) is 8.52. The lowest BCUT2D eigenvalue weighted by Crippen LogP contribution is -2.34. The van der Waals surface area contributed by atoms with Crippen molar-refractivity contribution >= 4 is 35.1 Å². The van der Waals surface area contributed by atoms with E-state index in [2.05, 4.69) is 10.6 Å². The summed E-state index contributed by atoms with van der Waals surface area (Å²) in [5, 5.41) is 4.53. The summed E-state index contributed by atoms with van der Waals surface area (Å²) in [7, 11) is 0. The average molecular weight is 270 g/mol. The number of alkyl halides is 1. The monoisotopic (exact) mass is 269 g/mol. The van der Waals surface area contributed by atoms with Crippen LogP contribution in [0.5, 0.6) is 0 Å². The highest BCUT2D eigenvalue weighted by Gasteiger charge is 2.07. The van der Waals surface area contributed by atoms with E-state index in [4.69, 9.17) is 17.3 Å². The molecule has 0 spiro atoms. The Hall–Kier alpha value is -2.08. The summed E-state index contributed by atoms with van der Waals surface area (Å²) in [4.78, 5) is 33.2. The van der Waals surface area contributed by atoms with E-state index in [0.717, 1.165) is 0 Å². The van der Waals surface area contributed by atoms with E-state index in [9.17, 15) is 14.4 Å². The molecule has 6 nitrogen and oxygen atoms in total. The van der Waals surface area contributed by atoms with Crippen molar-refractivity contribution in [2.24, 2.45) is 5.73 Å². The predicted octanol–water partition coefficient (Wildman–Crippen LogP) is 1.06.